The maximum absolute atomic E-state index is 9.97. The molecular weight excluding hydrogens is 514 g/mol. The van der Waals surface area contributed by atoms with Crippen molar-refractivity contribution in [3.05, 3.63) is 139 Å². The molecule has 8 aromatic rings. The molecule has 3 aromatic heterocycles. The summed E-state index contributed by atoms with van der Waals surface area (Å²) in [6.07, 6.45) is 3.80. The highest BCUT2D eigenvalue weighted by atomic mass is 15.0. The first-order valence-electron chi connectivity index (χ1n) is 13.7. The highest BCUT2D eigenvalue weighted by Gasteiger charge is 2.22. The van der Waals surface area contributed by atoms with Crippen LogP contribution in [0.1, 0.15) is 11.1 Å². The quantitative estimate of drug-likeness (QED) is 0.227. The van der Waals surface area contributed by atoms with E-state index >= 15 is 0 Å². The Bertz CT molecular complexity index is 2210. The van der Waals surface area contributed by atoms with E-state index in [2.05, 4.69) is 118 Å². The van der Waals surface area contributed by atoms with Gasteiger partial charge in [0.05, 0.1) is 57.0 Å². The van der Waals surface area contributed by atoms with Gasteiger partial charge in [-0.25, -0.2) is 0 Å². The predicted molar refractivity (Wildman–Crippen MR) is 168 cm³/mol. The minimum absolute atomic E-state index is 0.341. The van der Waals surface area contributed by atoms with E-state index in [9.17, 15) is 10.5 Å². The van der Waals surface area contributed by atoms with Crippen LogP contribution in [-0.2, 0) is 0 Å². The Morgan fingerprint density at radius 2 is 0.881 bits per heavy atom. The molecule has 42 heavy (non-hydrogen) atoms. The standard InChI is InChI=1S/C37H21N5/c38-20-25-18-17-24(19-26(25)21-39)37-35(41-31-13-5-1-9-27(31)28-10-2-6-14-32(28)41)22-40-23-36(37)42-33-15-7-3-11-29(33)30-12-4-8-16-34(30)42/h1-19,22-23H. The fourth-order valence-electron chi connectivity index (χ4n) is 6.33. The van der Waals surface area contributed by atoms with Crippen LogP contribution in [0.3, 0.4) is 0 Å². The number of nitriles is 2. The van der Waals surface area contributed by atoms with Crippen LogP contribution < -0.4 is 0 Å². The maximum atomic E-state index is 9.97. The first kappa shape index (κ1) is 23.7. The van der Waals surface area contributed by atoms with Crippen molar-refractivity contribution in [2.24, 2.45) is 0 Å². The van der Waals surface area contributed by atoms with Gasteiger partial charge in [-0.05, 0) is 42.0 Å². The minimum atomic E-state index is 0.341. The first-order chi connectivity index (χ1) is 20.8. The number of benzene rings is 5. The summed E-state index contributed by atoms with van der Waals surface area (Å²) in [4.78, 5) is 4.83. The lowest BCUT2D eigenvalue weighted by Gasteiger charge is -2.19. The number of hydrogen-bond donors (Lipinski definition) is 0. The van der Waals surface area contributed by atoms with Crippen molar-refractivity contribution < 1.29 is 0 Å². The lowest BCUT2D eigenvalue weighted by Crippen LogP contribution is -2.05. The first-order valence-corrected chi connectivity index (χ1v) is 13.7. The summed E-state index contributed by atoms with van der Waals surface area (Å²) in [6, 6.07) is 43.5. The highest BCUT2D eigenvalue weighted by molar-refractivity contribution is 6.11. The maximum Gasteiger partial charge on any atom is 0.101 e. The molecule has 0 saturated carbocycles. The lowest BCUT2D eigenvalue weighted by molar-refractivity contribution is 1.09. The van der Waals surface area contributed by atoms with E-state index in [1.807, 2.05) is 24.5 Å². The molecule has 3 heterocycles. The van der Waals surface area contributed by atoms with Crippen LogP contribution in [0, 0.1) is 22.7 Å². The molecule has 0 aliphatic carbocycles. The number of aromatic nitrogens is 3. The SMILES string of the molecule is N#Cc1ccc(-c2c(-n3c4ccccc4c4ccccc43)cncc2-n2c3ccccc3c3ccccc32)cc1C#N. The van der Waals surface area contributed by atoms with E-state index < -0.39 is 0 Å². The summed E-state index contributed by atoms with van der Waals surface area (Å²) in [6.45, 7) is 0. The second kappa shape index (κ2) is 9.20. The van der Waals surface area contributed by atoms with E-state index in [4.69, 9.17) is 4.98 Å². The van der Waals surface area contributed by atoms with Gasteiger partial charge in [-0.1, -0.05) is 78.9 Å². The minimum Gasteiger partial charge on any atom is -0.307 e. The van der Waals surface area contributed by atoms with Crippen molar-refractivity contribution in [1.82, 2.24) is 14.1 Å². The lowest BCUT2D eigenvalue weighted by atomic mass is 9.98. The Morgan fingerprint density at radius 1 is 0.476 bits per heavy atom. The van der Waals surface area contributed by atoms with Gasteiger partial charge in [-0.2, -0.15) is 10.5 Å². The van der Waals surface area contributed by atoms with Gasteiger partial charge in [0.2, 0.25) is 0 Å². The number of rotatable bonds is 3. The molecule has 5 nitrogen and oxygen atoms in total. The topological polar surface area (TPSA) is 70.3 Å². The summed E-state index contributed by atoms with van der Waals surface area (Å²) in [5.74, 6) is 0. The average Bonchev–Trinajstić information content (AvgIpc) is 3.57. The Labute approximate surface area is 241 Å². The van der Waals surface area contributed by atoms with Gasteiger partial charge in [-0.15, -0.1) is 0 Å². The van der Waals surface area contributed by atoms with Crippen molar-refractivity contribution in [3.8, 4) is 34.6 Å². The van der Waals surface area contributed by atoms with Gasteiger partial charge < -0.3 is 9.13 Å². The summed E-state index contributed by atoms with van der Waals surface area (Å²) < 4.78 is 4.52. The molecule has 5 aromatic carbocycles. The molecule has 0 unspecified atom stereocenters. The Balaban J connectivity index is 1.57. The van der Waals surface area contributed by atoms with Gasteiger partial charge in [-0.3, -0.25) is 4.98 Å². The van der Waals surface area contributed by atoms with Gasteiger partial charge >= 0.3 is 0 Å². The second-order valence-electron chi connectivity index (χ2n) is 10.3. The number of nitrogens with zero attached hydrogens (tertiary/aromatic N) is 5. The highest BCUT2D eigenvalue weighted by Crippen LogP contribution is 2.41. The molecule has 0 saturated heterocycles. The molecule has 0 aliphatic rings. The fraction of sp³-hybridized carbons (Fsp3) is 0. The van der Waals surface area contributed by atoms with E-state index in [-0.39, 0.29) is 0 Å². The number of para-hydroxylation sites is 4. The van der Waals surface area contributed by atoms with Crippen LogP contribution in [0.4, 0.5) is 0 Å². The molecule has 0 radical (unpaired) electrons. The van der Waals surface area contributed by atoms with Crippen LogP contribution in [0.2, 0.25) is 0 Å². The van der Waals surface area contributed by atoms with Crippen molar-refractivity contribution in [3.63, 3.8) is 0 Å². The third kappa shape index (κ3) is 3.32. The molecule has 0 aliphatic heterocycles. The zero-order valence-electron chi connectivity index (χ0n) is 22.4. The van der Waals surface area contributed by atoms with E-state index in [1.54, 1.807) is 6.07 Å². The van der Waals surface area contributed by atoms with Crippen molar-refractivity contribution in [2.45, 2.75) is 0 Å². The smallest absolute Gasteiger partial charge is 0.101 e. The zero-order chi connectivity index (χ0) is 28.2. The van der Waals surface area contributed by atoms with E-state index in [0.29, 0.717) is 11.1 Å². The van der Waals surface area contributed by atoms with E-state index in [1.165, 1.54) is 0 Å². The second-order valence-corrected chi connectivity index (χ2v) is 10.3. The monoisotopic (exact) mass is 535 g/mol. The largest absolute Gasteiger partial charge is 0.307 e. The predicted octanol–water partition coefficient (Wildman–Crippen LogP) is 8.69. The van der Waals surface area contributed by atoms with Crippen molar-refractivity contribution >= 4 is 43.6 Å². The average molecular weight is 536 g/mol. The Kier molecular flexibility index (Phi) is 5.19. The van der Waals surface area contributed by atoms with Gasteiger partial charge in [0.15, 0.2) is 0 Å². The van der Waals surface area contributed by atoms with Crippen molar-refractivity contribution in [1.29, 1.82) is 10.5 Å². The number of fused-ring (bicyclic) bond motifs is 6. The number of hydrogen-bond acceptors (Lipinski definition) is 3. The molecular formula is C37H21N5. The number of pyridine rings is 1. The Morgan fingerprint density at radius 3 is 1.29 bits per heavy atom. The summed E-state index contributed by atoms with van der Waals surface area (Å²) in [7, 11) is 0. The molecule has 8 rings (SSSR count). The zero-order valence-corrected chi connectivity index (χ0v) is 22.4. The molecule has 0 bridgehead atoms. The van der Waals surface area contributed by atoms with Crippen LogP contribution in [-0.4, -0.2) is 14.1 Å². The van der Waals surface area contributed by atoms with Gasteiger partial charge in [0.25, 0.3) is 0 Å². The summed E-state index contributed by atoms with van der Waals surface area (Å²) >= 11 is 0. The van der Waals surface area contributed by atoms with Crippen molar-refractivity contribution in [2.75, 3.05) is 0 Å². The summed E-state index contributed by atoms with van der Waals surface area (Å²) in [5, 5.41) is 24.3. The van der Waals surface area contributed by atoms with Crippen LogP contribution in [0.25, 0.3) is 66.1 Å². The molecule has 0 amide bonds. The molecule has 5 heteroatoms. The van der Waals surface area contributed by atoms with E-state index in [0.717, 1.165) is 66.1 Å². The third-order valence-corrected chi connectivity index (χ3v) is 8.10. The molecule has 0 fully saturated rings. The molecule has 0 spiro atoms. The summed E-state index contributed by atoms with van der Waals surface area (Å²) in [5.41, 5.74) is 8.49. The molecule has 194 valence electrons. The normalized spacial score (nSPS) is 11.3. The Hall–Kier alpha value is -6.17. The van der Waals surface area contributed by atoms with Gasteiger partial charge in [0.1, 0.15) is 12.1 Å². The third-order valence-electron chi connectivity index (χ3n) is 8.10. The fourth-order valence-corrected chi connectivity index (χ4v) is 6.33. The van der Waals surface area contributed by atoms with Crippen LogP contribution >= 0.6 is 0 Å². The van der Waals surface area contributed by atoms with Gasteiger partial charge in [0, 0.05) is 27.1 Å². The molecule has 0 N–H and O–H groups in total. The van der Waals surface area contributed by atoms with Crippen LogP contribution in [0.15, 0.2) is 128 Å². The molecule has 0 atom stereocenters. The van der Waals surface area contributed by atoms with Crippen LogP contribution in [0.5, 0.6) is 0 Å².